The van der Waals surface area contributed by atoms with Crippen molar-refractivity contribution in [1.29, 1.82) is 0 Å². The van der Waals surface area contributed by atoms with Gasteiger partial charge in [-0.1, -0.05) is 31.9 Å². The number of hydrogen-bond donors (Lipinski definition) is 2. The van der Waals surface area contributed by atoms with E-state index in [4.69, 9.17) is 9.47 Å². The molecule has 0 spiro atoms. The number of H-pyrrole nitrogens is 1. The van der Waals surface area contributed by atoms with Crippen molar-refractivity contribution >= 4 is 16.8 Å². The Balaban J connectivity index is 1.74. The Bertz CT molecular complexity index is 1090. The smallest absolute Gasteiger partial charge is 0.261 e. The van der Waals surface area contributed by atoms with Crippen LogP contribution in [0.3, 0.4) is 0 Å². The third-order valence-electron chi connectivity index (χ3n) is 4.99. The van der Waals surface area contributed by atoms with Crippen molar-refractivity contribution in [3.63, 3.8) is 0 Å². The molecule has 0 saturated heterocycles. The highest BCUT2D eigenvalue weighted by atomic mass is 19.1. The number of unbranched alkanes of at least 4 members (excludes halogenated alkanes) is 2. The van der Waals surface area contributed by atoms with Crippen LogP contribution in [0.15, 0.2) is 47.3 Å². The highest BCUT2D eigenvalue weighted by Crippen LogP contribution is 2.31. The van der Waals surface area contributed by atoms with Gasteiger partial charge in [-0.25, -0.2) is 4.39 Å². The second-order valence-corrected chi connectivity index (χ2v) is 7.29. The van der Waals surface area contributed by atoms with Crippen molar-refractivity contribution in [2.24, 2.45) is 0 Å². The summed E-state index contributed by atoms with van der Waals surface area (Å²) in [5, 5.41) is 3.42. The molecule has 0 bridgehead atoms. The predicted octanol–water partition coefficient (Wildman–Crippen LogP) is 4.22. The number of aromatic amines is 1. The van der Waals surface area contributed by atoms with Gasteiger partial charge in [-0.05, 0) is 42.7 Å². The van der Waals surface area contributed by atoms with E-state index in [0.29, 0.717) is 42.0 Å². The maximum absolute atomic E-state index is 13.0. The normalized spacial score (nSPS) is 10.8. The number of pyridine rings is 1. The molecule has 2 aromatic carbocycles. The van der Waals surface area contributed by atoms with E-state index >= 15 is 0 Å². The molecule has 3 aromatic rings. The zero-order valence-electron chi connectivity index (χ0n) is 17.8. The second-order valence-electron chi connectivity index (χ2n) is 7.29. The molecule has 0 unspecified atom stereocenters. The number of methoxy groups -OCH3 is 1. The molecule has 1 heterocycles. The molecule has 1 amide bonds. The summed E-state index contributed by atoms with van der Waals surface area (Å²) in [6.45, 7) is 3.02. The Morgan fingerprint density at radius 1 is 1.10 bits per heavy atom. The molecule has 1 aromatic heterocycles. The van der Waals surface area contributed by atoms with Gasteiger partial charge in [0.1, 0.15) is 11.4 Å². The monoisotopic (exact) mass is 426 g/mol. The van der Waals surface area contributed by atoms with Crippen LogP contribution >= 0.6 is 0 Å². The Hall–Kier alpha value is -3.35. The zero-order chi connectivity index (χ0) is 22.2. The summed E-state index contributed by atoms with van der Waals surface area (Å²) >= 11 is 0. The molecular weight excluding hydrogens is 399 g/mol. The van der Waals surface area contributed by atoms with E-state index in [-0.39, 0.29) is 11.4 Å². The first-order valence-electron chi connectivity index (χ1n) is 10.4. The number of amides is 1. The van der Waals surface area contributed by atoms with Crippen LogP contribution in [0.4, 0.5) is 4.39 Å². The van der Waals surface area contributed by atoms with Gasteiger partial charge >= 0.3 is 0 Å². The number of benzene rings is 2. The molecule has 7 heteroatoms. The number of halogens is 1. The fraction of sp³-hybridized carbons (Fsp3) is 0.333. The van der Waals surface area contributed by atoms with Crippen molar-refractivity contribution < 1.29 is 18.7 Å². The summed E-state index contributed by atoms with van der Waals surface area (Å²) in [5.41, 5.74) is 0.996. The molecule has 0 aliphatic heterocycles. The number of nitrogens with one attached hydrogen (secondary N) is 2. The fourth-order valence-corrected chi connectivity index (χ4v) is 3.26. The summed E-state index contributed by atoms with van der Waals surface area (Å²) < 4.78 is 24.2. The molecule has 31 heavy (non-hydrogen) atoms. The Kier molecular flexibility index (Phi) is 7.65. The van der Waals surface area contributed by atoms with E-state index in [1.807, 2.05) is 0 Å². The molecule has 0 atom stereocenters. The van der Waals surface area contributed by atoms with Crippen LogP contribution in [0.5, 0.6) is 11.5 Å². The van der Waals surface area contributed by atoms with Crippen molar-refractivity contribution in [3.05, 3.63) is 69.8 Å². The average molecular weight is 426 g/mol. The van der Waals surface area contributed by atoms with Gasteiger partial charge in [-0.15, -0.1) is 0 Å². The molecule has 2 N–H and O–H groups in total. The first-order valence-corrected chi connectivity index (χ1v) is 10.4. The van der Waals surface area contributed by atoms with Gasteiger partial charge in [-0.2, -0.15) is 0 Å². The van der Waals surface area contributed by atoms with Gasteiger partial charge in [-0.3, -0.25) is 9.59 Å². The third kappa shape index (κ3) is 5.84. The van der Waals surface area contributed by atoms with E-state index in [9.17, 15) is 14.0 Å². The Morgan fingerprint density at radius 3 is 2.58 bits per heavy atom. The van der Waals surface area contributed by atoms with Gasteiger partial charge in [0.2, 0.25) is 0 Å². The lowest BCUT2D eigenvalue weighted by atomic mass is 10.1. The van der Waals surface area contributed by atoms with E-state index < -0.39 is 11.5 Å². The minimum absolute atomic E-state index is 0.0219. The maximum Gasteiger partial charge on any atom is 0.261 e. The molecule has 0 fully saturated rings. The number of rotatable bonds is 10. The number of aromatic nitrogens is 1. The van der Waals surface area contributed by atoms with E-state index in [1.165, 1.54) is 12.1 Å². The van der Waals surface area contributed by atoms with Gasteiger partial charge < -0.3 is 19.8 Å². The number of ether oxygens (including phenoxy) is 2. The second kappa shape index (κ2) is 10.6. The lowest BCUT2D eigenvalue weighted by Gasteiger charge is -2.12. The molecule has 0 radical (unpaired) electrons. The molecular formula is C24H27FN2O4. The summed E-state index contributed by atoms with van der Waals surface area (Å²) in [4.78, 5) is 27.7. The van der Waals surface area contributed by atoms with Gasteiger partial charge in [0.05, 0.1) is 19.2 Å². The first-order chi connectivity index (χ1) is 15.0. The van der Waals surface area contributed by atoms with Crippen molar-refractivity contribution in [1.82, 2.24) is 10.3 Å². The van der Waals surface area contributed by atoms with Crippen LogP contribution in [-0.4, -0.2) is 31.2 Å². The fourth-order valence-electron chi connectivity index (χ4n) is 3.26. The Labute approximate surface area is 180 Å². The van der Waals surface area contributed by atoms with Gasteiger partial charge in [0.15, 0.2) is 11.5 Å². The van der Waals surface area contributed by atoms with Crippen LogP contribution in [0.25, 0.3) is 10.9 Å². The Morgan fingerprint density at radius 2 is 1.87 bits per heavy atom. The molecule has 3 rings (SSSR count). The summed E-state index contributed by atoms with van der Waals surface area (Å²) in [5.74, 6) is 0.323. The summed E-state index contributed by atoms with van der Waals surface area (Å²) in [6.07, 6.45) is 3.64. The highest BCUT2D eigenvalue weighted by Gasteiger charge is 2.14. The standard InChI is InChI=1S/C24H27FN2O4/c1-3-4-5-12-31-22-14-17-13-19(24(29)27-20(17)15-21(22)30-2)23(28)26-11-10-16-6-8-18(25)9-7-16/h6-9,13-15H,3-5,10-12H2,1-2H3,(H,26,28)(H,27,29). The SMILES string of the molecule is CCCCCOc1cc2cc(C(=O)NCCc3ccc(F)cc3)c(=O)[nH]c2cc1OC. The van der Waals surface area contributed by atoms with E-state index in [0.717, 1.165) is 24.8 Å². The van der Waals surface area contributed by atoms with Crippen molar-refractivity contribution in [2.75, 3.05) is 20.3 Å². The molecule has 0 saturated carbocycles. The van der Waals surface area contributed by atoms with Gasteiger partial charge in [0, 0.05) is 18.0 Å². The summed E-state index contributed by atoms with van der Waals surface area (Å²) in [6, 6.07) is 11.1. The van der Waals surface area contributed by atoms with E-state index in [2.05, 4.69) is 17.2 Å². The largest absolute Gasteiger partial charge is 0.493 e. The zero-order valence-corrected chi connectivity index (χ0v) is 17.8. The van der Waals surface area contributed by atoms with Crippen LogP contribution < -0.4 is 20.3 Å². The lowest BCUT2D eigenvalue weighted by molar-refractivity contribution is 0.0953. The van der Waals surface area contributed by atoms with Crippen LogP contribution in [0.2, 0.25) is 0 Å². The first kappa shape index (κ1) is 22.3. The molecule has 6 nitrogen and oxygen atoms in total. The molecule has 0 aliphatic carbocycles. The minimum atomic E-state index is -0.481. The lowest BCUT2D eigenvalue weighted by Crippen LogP contribution is -2.31. The number of hydrogen-bond acceptors (Lipinski definition) is 4. The highest BCUT2D eigenvalue weighted by molar-refractivity contribution is 5.97. The third-order valence-corrected chi connectivity index (χ3v) is 4.99. The number of carbonyl (C=O) groups excluding carboxylic acids is 1. The molecule has 0 aliphatic rings. The van der Waals surface area contributed by atoms with Crippen LogP contribution in [-0.2, 0) is 6.42 Å². The van der Waals surface area contributed by atoms with Gasteiger partial charge in [0.25, 0.3) is 11.5 Å². The number of carbonyl (C=O) groups is 1. The predicted molar refractivity (Wildman–Crippen MR) is 119 cm³/mol. The number of fused-ring (bicyclic) bond motifs is 1. The average Bonchev–Trinajstić information content (AvgIpc) is 2.77. The van der Waals surface area contributed by atoms with Crippen molar-refractivity contribution in [3.8, 4) is 11.5 Å². The summed E-state index contributed by atoms with van der Waals surface area (Å²) in [7, 11) is 1.54. The van der Waals surface area contributed by atoms with Crippen LogP contribution in [0, 0.1) is 5.82 Å². The van der Waals surface area contributed by atoms with E-state index in [1.54, 1.807) is 37.4 Å². The quantitative estimate of drug-likeness (QED) is 0.476. The topological polar surface area (TPSA) is 80.4 Å². The maximum atomic E-state index is 13.0. The molecule has 164 valence electrons. The van der Waals surface area contributed by atoms with Crippen LogP contribution in [0.1, 0.15) is 42.1 Å². The van der Waals surface area contributed by atoms with Crippen molar-refractivity contribution in [2.45, 2.75) is 32.6 Å². The minimum Gasteiger partial charge on any atom is -0.493 e.